The Bertz CT molecular complexity index is 1290. The topological polar surface area (TPSA) is 139 Å². The van der Waals surface area contributed by atoms with Gasteiger partial charge in [-0.25, -0.2) is 9.07 Å². The van der Waals surface area contributed by atoms with E-state index in [1.54, 1.807) is 19.9 Å². The first kappa shape index (κ1) is 23.2. The van der Waals surface area contributed by atoms with Gasteiger partial charge in [-0.2, -0.15) is 0 Å². The highest BCUT2D eigenvalue weighted by Gasteiger charge is 2.54. The molecule has 2 aliphatic heterocycles. The lowest BCUT2D eigenvalue weighted by molar-refractivity contribution is -0.384. The maximum atomic E-state index is 13.4. The standard InChI is InChI=1S/C23H21FN4O7/c1-23(2)34-21-20(30)16(33-22(21)35-23)11-27-18(13-4-3-5-15(10-13)28(31)32)17(25-26-27)19(29)12-6-8-14(24)9-7-12/h3-10,16,20-22,30H,11H2,1-2H3/t16-,20+,21-,22-/m1/s1. The monoisotopic (exact) mass is 484 g/mol. The summed E-state index contributed by atoms with van der Waals surface area (Å²) < 4.78 is 31.9. The first-order valence-corrected chi connectivity index (χ1v) is 10.8. The van der Waals surface area contributed by atoms with Crippen LogP contribution in [0.3, 0.4) is 0 Å². The summed E-state index contributed by atoms with van der Waals surface area (Å²) in [5.74, 6) is -1.96. The van der Waals surface area contributed by atoms with Crippen molar-refractivity contribution in [1.82, 2.24) is 15.0 Å². The lowest BCUT2D eigenvalue weighted by Crippen LogP contribution is -2.36. The molecule has 35 heavy (non-hydrogen) atoms. The number of ether oxygens (including phenoxy) is 3. The number of non-ortho nitro benzene ring substituents is 1. The molecule has 1 N–H and O–H groups in total. The fraction of sp³-hybridized carbons (Fsp3) is 0.348. The van der Waals surface area contributed by atoms with Crippen LogP contribution in [0.15, 0.2) is 48.5 Å². The van der Waals surface area contributed by atoms with Gasteiger partial charge in [0.25, 0.3) is 5.69 Å². The molecule has 0 amide bonds. The van der Waals surface area contributed by atoms with Crippen LogP contribution in [0.1, 0.15) is 29.9 Å². The molecular formula is C23H21FN4O7. The van der Waals surface area contributed by atoms with E-state index in [1.165, 1.54) is 35.0 Å². The second-order valence-electron chi connectivity index (χ2n) is 8.75. The molecule has 2 aromatic carbocycles. The van der Waals surface area contributed by atoms with Gasteiger partial charge in [0.05, 0.1) is 11.5 Å². The molecule has 2 fully saturated rings. The van der Waals surface area contributed by atoms with E-state index < -0.39 is 46.9 Å². The van der Waals surface area contributed by atoms with Gasteiger partial charge in [-0.3, -0.25) is 14.9 Å². The third-order valence-corrected chi connectivity index (χ3v) is 5.85. The third-order valence-electron chi connectivity index (χ3n) is 5.85. The van der Waals surface area contributed by atoms with E-state index in [9.17, 15) is 24.4 Å². The van der Waals surface area contributed by atoms with Crippen molar-refractivity contribution in [3.63, 3.8) is 0 Å². The number of carbonyl (C=O) groups is 1. The van der Waals surface area contributed by atoms with Crippen LogP contribution in [-0.4, -0.2) is 61.2 Å². The van der Waals surface area contributed by atoms with Gasteiger partial charge in [0.1, 0.15) is 29.8 Å². The minimum Gasteiger partial charge on any atom is -0.387 e. The van der Waals surface area contributed by atoms with Crippen molar-refractivity contribution < 1.29 is 33.4 Å². The Morgan fingerprint density at radius 1 is 1.23 bits per heavy atom. The molecule has 3 heterocycles. The summed E-state index contributed by atoms with van der Waals surface area (Å²) in [6.07, 6.45) is -3.36. The Hall–Kier alpha value is -3.58. The quantitative estimate of drug-likeness (QED) is 0.317. The van der Waals surface area contributed by atoms with Crippen LogP contribution in [0.25, 0.3) is 11.3 Å². The highest BCUT2D eigenvalue weighted by atomic mass is 19.1. The van der Waals surface area contributed by atoms with Crippen LogP contribution in [0, 0.1) is 15.9 Å². The molecule has 0 bridgehead atoms. The van der Waals surface area contributed by atoms with Gasteiger partial charge in [-0.15, -0.1) is 5.10 Å². The van der Waals surface area contributed by atoms with E-state index in [1.807, 2.05) is 0 Å². The highest BCUT2D eigenvalue weighted by Crippen LogP contribution is 2.38. The van der Waals surface area contributed by atoms with Crippen LogP contribution in [0.5, 0.6) is 0 Å². The first-order chi connectivity index (χ1) is 16.6. The van der Waals surface area contributed by atoms with Crippen LogP contribution in [0.4, 0.5) is 10.1 Å². The SMILES string of the molecule is CC1(C)O[C@H]2O[C@H](Cn3nnc(C(=O)c4ccc(F)cc4)c3-c3cccc([N+](=O)[O-])c3)[C@H](O)[C@H]2O1. The van der Waals surface area contributed by atoms with Gasteiger partial charge in [-0.05, 0) is 38.1 Å². The zero-order valence-electron chi connectivity index (χ0n) is 18.7. The van der Waals surface area contributed by atoms with Crippen LogP contribution in [0.2, 0.25) is 0 Å². The molecule has 12 heteroatoms. The van der Waals surface area contributed by atoms with Gasteiger partial charge >= 0.3 is 0 Å². The Morgan fingerprint density at radius 2 is 1.97 bits per heavy atom. The lowest BCUT2D eigenvalue weighted by Gasteiger charge is -2.23. The molecule has 0 saturated carbocycles. The molecule has 182 valence electrons. The molecule has 5 rings (SSSR count). The number of aromatic nitrogens is 3. The number of rotatable bonds is 6. The predicted octanol–water partition coefficient (Wildman–Crippen LogP) is 2.46. The summed E-state index contributed by atoms with van der Waals surface area (Å²) >= 11 is 0. The van der Waals surface area contributed by atoms with E-state index in [4.69, 9.17) is 14.2 Å². The second-order valence-corrected chi connectivity index (χ2v) is 8.75. The smallest absolute Gasteiger partial charge is 0.270 e. The van der Waals surface area contributed by atoms with E-state index in [0.29, 0.717) is 5.56 Å². The number of aliphatic hydroxyl groups excluding tert-OH is 1. The summed E-state index contributed by atoms with van der Waals surface area (Å²) in [7, 11) is 0. The van der Waals surface area contributed by atoms with Gasteiger partial charge in [-0.1, -0.05) is 17.3 Å². The summed E-state index contributed by atoms with van der Waals surface area (Å²) in [6, 6.07) is 10.6. The molecule has 2 aliphatic rings. The van der Waals surface area contributed by atoms with Crippen LogP contribution < -0.4 is 0 Å². The number of fused-ring (bicyclic) bond motifs is 1. The average Bonchev–Trinajstić information content (AvgIpc) is 3.45. The molecular weight excluding hydrogens is 463 g/mol. The minimum absolute atomic E-state index is 0.0387. The fourth-order valence-corrected chi connectivity index (χ4v) is 4.26. The van der Waals surface area contributed by atoms with Crippen molar-refractivity contribution in [1.29, 1.82) is 0 Å². The maximum Gasteiger partial charge on any atom is 0.270 e. The van der Waals surface area contributed by atoms with Crippen molar-refractivity contribution in [3.05, 3.63) is 75.7 Å². The Kier molecular flexibility index (Phi) is 5.68. The fourth-order valence-electron chi connectivity index (χ4n) is 4.26. The number of carbonyl (C=O) groups excluding carboxylic acids is 1. The second kappa shape index (κ2) is 8.57. The van der Waals surface area contributed by atoms with Gasteiger partial charge < -0.3 is 19.3 Å². The summed E-state index contributed by atoms with van der Waals surface area (Å²) in [5, 5.41) is 30.2. The maximum absolute atomic E-state index is 13.4. The Morgan fingerprint density at radius 3 is 2.66 bits per heavy atom. The van der Waals surface area contributed by atoms with E-state index in [-0.39, 0.29) is 29.2 Å². The average molecular weight is 484 g/mol. The molecule has 2 saturated heterocycles. The Balaban J connectivity index is 1.52. The van der Waals surface area contributed by atoms with Gasteiger partial charge in [0, 0.05) is 23.3 Å². The number of nitro benzene ring substituents is 1. The van der Waals surface area contributed by atoms with E-state index in [2.05, 4.69) is 10.3 Å². The molecule has 11 nitrogen and oxygen atoms in total. The third kappa shape index (κ3) is 4.32. The number of nitro groups is 1. The van der Waals surface area contributed by atoms with Crippen LogP contribution >= 0.6 is 0 Å². The molecule has 1 aromatic heterocycles. The van der Waals surface area contributed by atoms with Gasteiger partial charge in [0.2, 0.25) is 5.78 Å². The molecule has 4 atom stereocenters. The van der Waals surface area contributed by atoms with Crippen molar-refractivity contribution in [2.24, 2.45) is 0 Å². The Labute approximate surface area is 198 Å². The number of benzene rings is 2. The number of ketones is 1. The minimum atomic E-state index is -1.06. The molecule has 0 unspecified atom stereocenters. The van der Waals surface area contributed by atoms with Crippen molar-refractivity contribution >= 4 is 11.5 Å². The van der Waals surface area contributed by atoms with Crippen LogP contribution in [-0.2, 0) is 20.8 Å². The van der Waals surface area contributed by atoms with E-state index >= 15 is 0 Å². The zero-order valence-corrected chi connectivity index (χ0v) is 18.7. The van der Waals surface area contributed by atoms with Gasteiger partial charge in [0.15, 0.2) is 17.8 Å². The molecule has 3 aromatic rings. The van der Waals surface area contributed by atoms with E-state index in [0.717, 1.165) is 12.1 Å². The molecule has 0 radical (unpaired) electrons. The summed E-state index contributed by atoms with van der Waals surface area (Å²) in [5.41, 5.74) is 0.402. The highest BCUT2D eigenvalue weighted by molar-refractivity contribution is 6.11. The summed E-state index contributed by atoms with van der Waals surface area (Å²) in [6.45, 7) is 3.38. The number of halogens is 1. The van der Waals surface area contributed by atoms with Crippen molar-refractivity contribution in [2.75, 3.05) is 0 Å². The largest absolute Gasteiger partial charge is 0.387 e. The molecule has 0 spiro atoms. The summed E-state index contributed by atoms with van der Waals surface area (Å²) in [4.78, 5) is 24.0. The van der Waals surface area contributed by atoms with Crippen molar-refractivity contribution in [2.45, 2.75) is 50.8 Å². The first-order valence-electron chi connectivity index (χ1n) is 10.8. The zero-order chi connectivity index (χ0) is 24.9. The number of aliphatic hydroxyl groups is 1. The number of nitrogens with zero attached hydrogens (tertiary/aromatic N) is 4. The lowest BCUT2D eigenvalue weighted by atomic mass is 10.0. The predicted molar refractivity (Wildman–Crippen MR) is 117 cm³/mol. The number of hydrogen-bond acceptors (Lipinski definition) is 9. The number of hydrogen-bond donors (Lipinski definition) is 1. The normalized spacial score (nSPS) is 24.9. The molecule has 0 aliphatic carbocycles. The van der Waals surface area contributed by atoms with Crippen molar-refractivity contribution in [3.8, 4) is 11.3 Å².